The predicted octanol–water partition coefficient (Wildman–Crippen LogP) is 0.770. The molecule has 0 spiro atoms. The molecule has 1 heterocycles. The molecule has 0 bridgehead atoms. The molecule has 1 atom stereocenters. The molecule has 0 amide bonds. The highest BCUT2D eigenvalue weighted by atomic mass is 32.2. The number of hydrogen-bond donors (Lipinski definition) is 2. The molecule has 1 fully saturated rings. The van der Waals surface area contributed by atoms with Crippen LogP contribution in [0.2, 0.25) is 0 Å². The van der Waals surface area contributed by atoms with Gasteiger partial charge >= 0.3 is 0 Å². The summed E-state index contributed by atoms with van der Waals surface area (Å²) >= 11 is 0. The van der Waals surface area contributed by atoms with Gasteiger partial charge in [-0.3, -0.25) is 4.99 Å². The molecule has 1 aliphatic heterocycles. The number of ether oxygens (including phenoxy) is 1. The quantitative estimate of drug-likeness (QED) is 0.378. The second-order valence-electron chi connectivity index (χ2n) is 6.41. The number of hydrogen-bond acceptors (Lipinski definition) is 5. The van der Waals surface area contributed by atoms with E-state index >= 15 is 0 Å². The van der Waals surface area contributed by atoms with Crippen molar-refractivity contribution in [3.05, 3.63) is 29.8 Å². The van der Waals surface area contributed by atoms with E-state index in [1.165, 1.54) is 18.4 Å². The van der Waals surface area contributed by atoms with Crippen molar-refractivity contribution in [2.45, 2.75) is 12.5 Å². The number of nitrogens with zero attached hydrogens (tertiary/aromatic N) is 2. The van der Waals surface area contributed by atoms with Gasteiger partial charge in [-0.25, -0.2) is 17.2 Å². The van der Waals surface area contributed by atoms with Gasteiger partial charge in [0.1, 0.15) is 21.5 Å². The molecule has 0 aromatic heterocycles. The van der Waals surface area contributed by atoms with Crippen molar-refractivity contribution in [1.29, 1.82) is 0 Å². The summed E-state index contributed by atoms with van der Waals surface area (Å²) in [5.74, 6) is -0.566. The Morgan fingerprint density at radius 3 is 2.81 bits per heavy atom. The summed E-state index contributed by atoms with van der Waals surface area (Å²) in [6.07, 6.45) is 1.96. The van der Waals surface area contributed by atoms with E-state index in [-0.39, 0.29) is 18.4 Å². The summed E-state index contributed by atoms with van der Waals surface area (Å²) < 4.78 is 54.2. The molecule has 1 saturated heterocycles. The van der Waals surface area contributed by atoms with Gasteiger partial charge < -0.3 is 20.3 Å². The van der Waals surface area contributed by atoms with Crippen LogP contribution in [-0.2, 0) is 14.6 Å². The number of sulfone groups is 1. The van der Waals surface area contributed by atoms with E-state index in [4.69, 9.17) is 4.74 Å². The molecule has 10 heteroatoms. The molecule has 1 unspecified atom stereocenters. The van der Waals surface area contributed by atoms with Crippen LogP contribution in [0.3, 0.4) is 0 Å². The second-order valence-corrected chi connectivity index (χ2v) is 8.67. The number of guanidine groups is 1. The summed E-state index contributed by atoms with van der Waals surface area (Å²) in [5, 5.41) is 6.35. The van der Waals surface area contributed by atoms with Crippen LogP contribution in [0.1, 0.15) is 6.42 Å². The van der Waals surface area contributed by atoms with Crippen molar-refractivity contribution >= 4 is 21.5 Å². The van der Waals surface area contributed by atoms with Gasteiger partial charge in [-0.05, 0) is 18.6 Å². The fraction of sp³-hybridized carbons (Fsp3) is 0.588. The molecule has 0 radical (unpaired) electrons. The van der Waals surface area contributed by atoms with E-state index in [0.717, 1.165) is 12.5 Å². The van der Waals surface area contributed by atoms with Crippen molar-refractivity contribution in [1.82, 2.24) is 10.6 Å². The van der Waals surface area contributed by atoms with Gasteiger partial charge in [0.25, 0.3) is 0 Å². The van der Waals surface area contributed by atoms with Gasteiger partial charge in [-0.15, -0.1) is 0 Å². The SMILES string of the molecule is CN=C(NCCOCCS(C)(=O)=O)NC1CCN(c2ccc(F)cc2F)C1. The van der Waals surface area contributed by atoms with Gasteiger partial charge in [-0.1, -0.05) is 0 Å². The van der Waals surface area contributed by atoms with E-state index in [9.17, 15) is 17.2 Å². The van der Waals surface area contributed by atoms with Crippen molar-refractivity contribution in [2.75, 3.05) is 56.8 Å². The Labute approximate surface area is 158 Å². The highest BCUT2D eigenvalue weighted by Crippen LogP contribution is 2.24. The summed E-state index contributed by atoms with van der Waals surface area (Å²) in [6.45, 7) is 2.23. The van der Waals surface area contributed by atoms with Gasteiger partial charge in [0.05, 0.1) is 24.7 Å². The van der Waals surface area contributed by atoms with Crippen LogP contribution in [0.5, 0.6) is 0 Å². The van der Waals surface area contributed by atoms with E-state index < -0.39 is 21.5 Å². The lowest BCUT2D eigenvalue weighted by atomic mass is 10.2. The Morgan fingerprint density at radius 1 is 1.37 bits per heavy atom. The first-order valence-corrected chi connectivity index (χ1v) is 10.8. The topological polar surface area (TPSA) is 83.0 Å². The lowest BCUT2D eigenvalue weighted by molar-refractivity contribution is 0.154. The third-order valence-electron chi connectivity index (χ3n) is 4.14. The Kier molecular flexibility index (Phi) is 7.78. The number of aliphatic imine (C=N–C) groups is 1. The second kappa shape index (κ2) is 9.84. The largest absolute Gasteiger partial charge is 0.379 e. The van der Waals surface area contributed by atoms with E-state index in [1.807, 2.05) is 4.90 Å². The Bertz CT molecular complexity index is 759. The smallest absolute Gasteiger partial charge is 0.191 e. The van der Waals surface area contributed by atoms with Crippen molar-refractivity contribution < 1.29 is 21.9 Å². The van der Waals surface area contributed by atoms with Crippen LogP contribution in [-0.4, -0.2) is 72.3 Å². The third kappa shape index (κ3) is 7.30. The average molecular weight is 404 g/mol. The molecule has 2 rings (SSSR count). The Balaban J connectivity index is 1.72. The molecule has 0 saturated carbocycles. The zero-order valence-corrected chi connectivity index (χ0v) is 16.4. The van der Waals surface area contributed by atoms with E-state index in [2.05, 4.69) is 15.6 Å². The summed E-state index contributed by atoms with van der Waals surface area (Å²) in [7, 11) is -1.37. The van der Waals surface area contributed by atoms with E-state index in [0.29, 0.717) is 37.9 Å². The van der Waals surface area contributed by atoms with Crippen LogP contribution >= 0.6 is 0 Å². The lowest BCUT2D eigenvalue weighted by Gasteiger charge is -2.21. The first-order valence-electron chi connectivity index (χ1n) is 8.71. The molecule has 1 aromatic carbocycles. The zero-order chi connectivity index (χ0) is 19.9. The number of halogens is 2. The molecular weight excluding hydrogens is 378 g/mol. The molecule has 152 valence electrons. The molecule has 0 aliphatic carbocycles. The monoisotopic (exact) mass is 404 g/mol. The van der Waals surface area contributed by atoms with Crippen molar-refractivity contribution in [3.63, 3.8) is 0 Å². The first kappa shape index (κ1) is 21.4. The minimum atomic E-state index is -3.02. The first-order chi connectivity index (χ1) is 12.8. The molecule has 7 nitrogen and oxygen atoms in total. The molecule has 2 N–H and O–H groups in total. The number of anilines is 1. The standard InChI is InChI=1S/C17H26F2N4O3S/c1-20-17(21-6-8-26-9-10-27(2,24)25)22-14-5-7-23(12-14)16-4-3-13(18)11-15(16)19/h3-4,11,14H,5-10,12H2,1-2H3,(H2,20,21,22). The maximum absolute atomic E-state index is 13.9. The minimum Gasteiger partial charge on any atom is -0.379 e. The fourth-order valence-corrected chi connectivity index (χ4v) is 3.20. The molecule has 1 aliphatic rings. The summed E-state index contributed by atoms with van der Waals surface area (Å²) in [6, 6.07) is 3.67. The third-order valence-corrected chi connectivity index (χ3v) is 5.05. The minimum absolute atomic E-state index is 0.00215. The highest BCUT2D eigenvalue weighted by Gasteiger charge is 2.25. The lowest BCUT2D eigenvalue weighted by Crippen LogP contribution is -2.45. The van der Waals surface area contributed by atoms with Crippen LogP contribution in [0.25, 0.3) is 0 Å². The Hall–Kier alpha value is -1.94. The van der Waals surface area contributed by atoms with Crippen LogP contribution in [0.15, 0.2) is 23.2 Å². The maximum atomic E-state index is 13.9. The van der Waals surface area contributed by atoms with Gasteiger partial charge in [-0.2, -0.15) is 0 Å². The maximum Gasteiger partial charge on any atom is 0.191 e. The van der Waals surface area contributed by atoms with Crippen LogP contribution in [0.4, 0.5) is 14.5 Å². The summed E-state index contributed by atoms with van der Waals surface area (Å²) in [4.78, 5) is 6.01. The fourth-order valence-electron chi connectivity index (χ4n) is 2.78. The predicted molar refractivity (Wildman–Crippen MR) is 102 cm³/mol. The molecule has 1 aromatic rings. The van der Waals surface area contributed by atoms with Crippen LogP contribution < -0.4 is 15.5 Å². The van der Waals surface area contributed by atoms with Crippen LogP contribution in [0, 0.1) is 11.6 Å². The van der Waals surface area contributed by atoms with Gasteiger partial charge in [0, 0.05) is 45.0 Å². The number of benzene rings is 1. The van der Waals surface area contributed by atoms with Crippen molar-refractivity contribution in [2.24, 2.45) is 4.99 Å². The molecular formula is C17H26F2N4O3S. The number of nitrogens with one attached hydrogen (secondary N) is 2. The average Bonchev–Trinajstić information content (AvgIpc) is 3.04. The Morgan fingerprint density at radius 2 is 2.15 bits per heavy atom. The number of rotatable bonds is 8. The summed E-state index contributed by atoms with van der Waals surface area (Å²) in [5.41, 5.74) is 0.392. The van der Waals surface area contributed by atoms with E-state index in [1.54, 1.807) is 7.05 Å². The highest BCUT2D eigenvalue weighted by molar-refractivity contribution is 7.90. The normalized spacial score (nSPS) is 18.0. The van der Waals surface area contributed by atoms with Gasteiger partial charge in [0.2, 0.25) is 0 Å². The van der Waals surface area contributed by atoms with Gasteiger partial charge in [0.15, 0.2) is 5.96 Å². The zero-order valence-electron chi connectivity index (χ0n) is 15.5. The molecule has 27 heavy (non-hydrogen) atoms. The van der Waals surface area contributed by atoms with Crippen molar-refractivity contribution in [3.8, 4) is 0 Å².